The number of benzene rings is 1. The van der Waals surface area contributed by atoms with Gasteiger partial charge in [-0.2, -0.15) is 0 Å². The molecule has 1 rings (SSSR count). The minimum Gasteiger partial charge on any atom is -0.465 e. The van der Waals surface area contributed by atoms with Crippen molar-refractivity contribution in [3.63, 3.8) is 0 Å². The maximum absolute atomic E-state index is 12.0. The SMILES string of the molecule is COCC=S(N)(=O)c1ccc(C(=O)OC)cc1. The van der Waals surface area contributed by atoms with E-state index in [1.807, 2.05) is 0 Å². The molecule has 1 aromatic carbocycles. The molecule has 1 unspecified atom stereocenters. The lowest BCUT2D eigenvalue weighted by Crippen LogP contribution is -2.18. The van der Waals surface area contributed by atoms with Crippen LogP contribution in [-0.2, 0) is 19.2 Å². The largest absolute Gasteiger partial charge is 0.465 e. The van der Waals surface area contributed by atoms with Crippen LogP contribution in [0.15, 0.2) is 29.2 Å². The summed E-state index contributed by atoms with van der Waals surface area (Å²) in [4.78, 5) is 11.6. The molecular formula is C11H15NO4S. The molecule has 0 heterocycles. The second kappa shape index (κ2) is 5.81. The van der Waals surface area contributed by atoms with E-state index in [1.54, 1.807) is 12.1 Å². The fourth-order valence-corrected chi connectivity index (χ4v) is 2.28. The van der Waals surface area contributed by atoms with Crippen molar-refractivity contribution >= 4 is 21.0 Å². The highest BCUT2D eigenvalue weighted by Crippen LogP contribution is 2.10. The Labute approximate surface area is 101 Å². The Morgan fingerprint density at radius 1 is 1.35 bits per heavy atom. The number of methoxy groups -OCH3 is 2. The molecule has 0 saturated heterocycles. The van der Waals surface area contributed by atoms with Crippen molar-refractivity contribution in [3.05, 3.63) is 29.8 Å². The predicted octanol–water partition coefficient (Wildman–Crippen LogP) is 0.439. The number of ether oxygens (including phenoxy) is 2. The van der Waals surface area contributed by atoms with Gasteiger partial charge < -0.3 is 9.47 Å². The monoisotopic (exact) mass is 257 g/mol. The van der Waals surface area contributed by atoms with Crippen molar-refractivity contribution in [2.24, 2.45) is 5.14 Å². The molecule has 0 aliphatic heterocycles. The van der Waals surface area contributed by atoms with Crippen LogP contribution in [0.2, 0.25) is 0 Å². The molecule has 5 nitrogen and oxygen atoms in total. The zero-order chi connectivity index (χ0) is 12.9. The highest BCUT2D eigenvalue weighted by molar-refractivity contribution is 7.99. The molecule has 1 aromatic rings. The van der Waals surface area contributed by atoms with Crippen molar-refractivity contribution in [1.29, 1.82) is 0 Å². The van der Waals surface area contributed by atoms with Gasteiger partial charge in [0.25, 0.3) is 0 Å². The zero-order valence-electron chi connectivity index (χ0n) is 9.71. The normalized spacial score (nSPS) is 13.8. The van der Waals surface area contributed by atoms with Crippen molar-refractivity contribution in [1.82, 2.24) is 0 Å². The standard InChI is InChI=1S/C11H15NO4S/c1-15-7-8-17(12,14)10-5-3-9(4-6-10)11(13)16-2/h3-6,8H,7H2,1-2H3,(H2,12,14). The van der Waals surface area contributed by atoms with Crippen LogP contribution in [0.3, 0.4) is 0 Å². The summed E-state index contributed by atoms with van der Waals surface area (Å²) in [5.41, 5.74) is 0.387. The number of carbonyl (C=O) groups is 1. The zero-order valence-corrected chi connectivity index (χ0v) is 10.5. The fourth-order valence-electron chi connectivity index (χ4n) is 1.19. The van der Waals surface area contributed by atoms with Gasteiger partial charge in [-0.05, 0) is 24.3 Å². The Balaban J connectivity index is 3.03. The third kappa shape index (κ3) is 3.55. The topological polar surface area (TPSA) is 78.6 Å². The Hall–Kier alpha value is -1.37. The van der Waals surface area contributed by atoms with E-state index >= 15 is 0 Å². The highest BCUT2D eigenvalue weighted by Gasteiger charge is 2.08. The summed E-state index contributed by atoms with van der Waals surface area (Å²) < 4.78 is 21.4. The lowest BCUT2D eigenvalue weighted by atomic mass is 10.2. The number of hydrogen-bond donors (Lipinski definition) is 1. The van der Waals surface area contributed by atoms with Crippen LogP contribution >= 0.6 is 0 Å². The van der Waals surface area contributed by atoms with Crippen LogP contribution in [0.5, 0.6) is 0 Å². The second-order valence-corrected chi connectivity index (χ2v) is 5.39. The van der Waals surface area contributed by atoms with Crippen LogP contribution in [0, 0.1) is 0 Å². The lowest BCUT2D eigenvalue weighted by molar-refractivity contribution is 0.0600. The van der Waals surface area contributed by atoms with Gasteiger partial charge in [0.2, 0.25) is 0 Å². The third-order valence-corrected chi connectivity index (χ3v) is 3.77. The third-order valence-electron chi connectivity index (χ3n) is 2.13. The number of nitrogens with two attached hydrogens (primary N) is 1. The van der Waals surface area contributed by atoms with E-state index in [-0.39, 0.29) is 6.61 Å². The summed E-state index contributed by atoms with van der Waals surface area (Å²) in [7, 11) is 0.0690. The van der Waals surface area contributed by atoms with Gasteiger partial charge in [0.05, 0.1) is 29.0 Å². The fraction of sp³-hybridized carbons (Fsp3) is 0.273. The van der Waals surface area contributed by atoms with Crippen LogP contribution in [0.25, 0.3) is 0 Å². The van der Waals surface area contributed by atoms with Crippen molar-refractivity contribution in [3.8, 4) is 0 Å². The first-order valence-electron chi connectivity index (χ1n) is 4.84. The minimum absolute atomic E-state index is 0.202. The quantitative estimate of drug-likeness (QED) is 0.627. The Morgan fingerprint density at radius 3 is 2.41 bits per heavy atom. The molecule has 0 fully saturated rings. The van der Waals surface area contributed by atoms with Gasteiger partial charge in [0.1, 0.15) is 0 Å². The lowest BCUT2D eigenvalue weighted by Gasteiger charge is -2.06. The van der Waals surface area contributed by atoms with Gasteiger partial charge in [-0.25, -0.2) is 9.00 Å². The molecule has 0 spiro atoms. The second-order valence-electron chi connectivity index (χ2n) is 3.29. The maximum Gasteiger partial charge on any atom is 0.337 e. The molecule has 0 aliphatic carbocycles. The molecule has 1 atom stereocenters. The van der Waals surface area contributed by atoms with Crippen molar-refractivity contribution in [2.75, 3.05) is 20.8 Å². The van der Waals surface area contributed by atoms with E-state index in [0.717, 1.165) is 0 Å². The molecule has 94 valence electrons. The molecule has 0 aromatic heterocycles. The molecule has 0 amide bonds. The van der Waals surface area contributed by atoms with Gasteiger partial charge in [-0.15, -0.1) is 0 Å². The van der Waals surface area contributed by atoms with Crippen molar-refractivity contribution < 1.29 is 18.5 Å². The average Bonchev–Trinajstić information content (AvgIpc) is 2.35. The smallest absolute Gasteiger partial charge is 0.337 e. The number of carbonyl (C=O) groups excluding carboxylic acids is 1. The number of hydrogen-bond acceptors (Lipinski definition) is 4. The van der Waals surface area contributed by atoms with Gasteiger partial charge in [0, 0.05) is 17.4 Å². The number of esters is 1. The van der Waals surface area contributed by atoms with Crippen LogP contribution in [0.4, 0.5) is 0 Å². The van der Waals surface area contributed by atoms with E-state index in [4.69, 9.17) is 9.88 Å². The molecule has 0 radical (unpaired) electrons. The van der Waals surface area contributed by atoms with Crippen molar-refractivity contribution in [2.45, 2.75) is 4.90 Å². The molecule has 2 N–H and O–H groups in total. The summed E-state index contributed by atoms with van der Waals surface area (Å²) in [5, 5.41) is 7.06. The summed E-state index contributed by atoms with van der Waals surface area (Å²) >= 11 is 0. The molecule has 0 bridgehead atoms. The number of rotatable bonds is 4. The molecule has 0 aliphatic rings. The molecule has 6 heteroatoms. The van der Waals surface area contributed by atoms with E-state index in [2.05, 4.69) is 4.74 Å². The maximum atomic E-state index is 12.0. The summed E-state index contributed by atoms with van der Waals surface area (Å²) in [6.07, 6.45) is 0. The first-order chi connectivity index (χ1) is 8.01. The predicted molar refractivity (Wildman–Crippen MR) is 66.3 cm³/mol. The Kier molecular flexibility index (Phi) is 4.68. The Bertz CT molecular complexity index is 501. The van der Waals surface area contributed by atoms with E-state index in [9.17, 15) is 9.00 Å². The van der Waals surface area contributed by atoms with Gasteiger partial charge >= 0.3 is 5.97 Å². The summed E-state index contributed by atoms with van der Waals surface area (Å²) in [5.74, 6) is -0.444. The molecule has 0 saturated carbocycles. The summed E-state index contributed by atoms with van der Waals surface area (Å²) in [6.45, 7) is 0.202. The highest BCUT2D eigenvalue weighted by atomic mass is 32.2. The van der Waals surface area contributed by atoms with E-state index < -0.39 is 15.7 Å². The first kappa shape index (κ1) is 13.7. The van der Waals surface area contributed by atoms with Crippen LogP contribution in [-0.4, -0.2) is 36.4 Å². The minimum atomic E-state index is -2.72. The van der Waals surface area contributed by atoms with Gasteiger partial charge in [-0.1, -0.05) is 0 Å². The van der Waals surface area contributed by atoms with E-state index in [0.29, 0.717) is 10.5 Å². The van der Waals surface area contributed by atoms with Gasteiger partial charge in [-0.3, -0.25) is 5.14 Å². The first-order valence-corrected chi connectivity index (χ1v) is 6.52. The molecular weight excluding hydrogens is 242 g/mol. The molecule has 17 heavy (non-hydrogen) atoms. The average molecular weight is 257 g/mol. The van der Waals surface area contributed by atoms with Crippen LogP contribution < -0.4 is 5.14 Å². The Morgan fingerprint density at radius 2 is 1.94 bits per heavy atom. The van der Waals surface area contributed by atoms with Crippen LogP contribution in [0.1, 0.15) is 10.4 Å². The van der Waals surface area contributed by atoms with E-state index in [1.165, 1.54) is 31.7 Å². The van der Waals surface area contributed by atoms with Gasteiger partial charge in [0.15, 0.2) is 0 Å². The summed E-state index contributed by atoms with van der Waals surface area (Å²) in [6, 6.07) is 6.13.